The van der Waals surface area contributed by atoms with E-state index in [0.717, 1.165) is 35.3 Å². The fraction of sp³-hybridized carbons (Fsp3) is 0.286. The molecular formula is C21H18F3N5. The maximum Gasteiger partial charge on any atom is 0.417 e. The van der Waals surface area contributed by atoms with Gasteiger partial charge in [-0.25, -0.2) is 0 Å². The number of nitriles is 1. The lowest BCUT2D eigenvalue weighted by Gasteiger charge is -2.27. The van der Waals surface area contributed by atoms with Crippen LogP contribution in [0.4, 0.5) is 13.2 Å². The summed E-state index contributed by atoms with van der Waals surface area (Å²) in [4.78, 5) is 6.55. The number of nitrogens with zero attached hydrogens (tertiary/aromatic N) is 5. The van der Waals surface area contributed by atoms with Gasteiger partial charge in [-0.1, -0.05) is 12.1 Å². The van der Waals surface area contributed by atoms with Crippen molar-refractivity contribution in [1.29, 1.82) is 5.26 Å². The van der Waals surface area contributed by atoms with E-state index in [1.807, 2.05) is 29.8 Å². The Hall–Kier alpha value is -3.18. The van der Waals surface area contributed by atoms with E-state index in [1.165, 1.54) is 12.1 Å². The Morgan fingerprint density at radius 2 is 2.00 bits per heavy atom. The molecule has 5 nitrogen and oxygen atoms in total. The number of alkyl halides is 3. The zero-order valence-corrected chi connectivity index (χ0v) is 15.7. The molecule has 0 saturated carbocycles. The van der Waals surface area contributed by atoms with Crippen LogP contribution in [0.2, 0.25) is 0 Å². The van der Waals surface area contributed by atoms with Crippen molar-refractivity contribution in [3.05, 3.63) is 70.5 Å². The summed E-state index contributed by atoms with van der Waals surface area (Å²) >= 11 is 0. The Bertz CT molecular complexity index is 1090. The molecule has 0 bridgehead atoms. The number of hydrogen-bond donors (Lipinski definition) is 0. The summed E-state index contributed by atoms with van der Waals surface area (Å²) in [6, 6.07) is 11.3. The van der Waals surface area contributed by atoms with Crippen LogP contribution in [-0.2, 0) is 25.8 Å². The number of fused-ring (bicyclic) bond motifs is 1. The van der Waals surface area contributed by atoms with Gasteiger partial charge in [0.25, 0.3) is 0 Å². The van der Waals surface area contributed by atoms with Gasteiger partial charge in [0.2, 0.25) is 0 Å². The van der Waals surface area contributed by atoms with Crippen molar-refractivity contribution in [2.75, 3.05) is 6.54 Å². The van der Waals surface area contributed by atoms with Crippen LogP contribution in [0.5, 0.6) is 0 Å². The van der Waals surface area contributed by atoms with E-state index >= 15 is 0 Å². The minimum atomic E-state index is -4.53. The van der Waals surface area contributed by atoms with E-state index in [0.29, 0.717) is 25.2 Å². The van der Waals surface area contributed by atoms with Crippen molar-refractivity contribution in [2.24, 2.45) is 0 Å². The van der Waals surface area contributed by atoms with Crippen LogP contribution in [0.1, 0.15) is 27.9 Å². The minimum absolute atomic E-state index is 0.343. The van der Waals surface area contributed by atoms with Crippen molar-refractivity contribution in [3.8, 4) is 17.5 Å². The van der Waals surface area contributed by atoms with Crippen LogP contribution in [0.3, 0.4) is 0 Å². The monoisotopic (exact) mass is 397 g/mol. The molecule has 0 aliphatic carbocycles. The third kappa shape index (κ3) is 3.87. The van der Waals surface area contributed by atoms with Crippen molar-refractivity contribution in [3.63, 3.8) is 0 Å². The van der Waals surface area contributed by atoms with Crippen LogP contribution in [-0.4, -0.2) is 26.2 Å². The molecule has 1 aliphatic rings. The van der Waals surface area contributed by atoms with E-state index in [2.05, 4.69) is 15.0 Å². The second-order valence-corrected chi connectivity index (χ2v) is 7.11. The highest BCUT2D eigenvalue weighted by atomic mass is 19.4. The molecule has 2 aromatic heterocycles. The van der Waals surface area contributed by atoms with E-state index in [-0.39, 0.29) is 5.56 Å². The number of aryl methyl sites for hydroxylation is 1. The molecule has 1 aliphatic heterocycles. The van der Waals surface area contributed by atoms with Gasteiger partial charge in [0, 0.05) is 25.8 Å². The third-order valence-corrected chi connectivity index (χ3v) is 5.05. The molecule has 8 heteroatoms. The SMILES string of the molecule is Cc1cccnc1-c1cc2n(n1)CCN(Cc1ccc(C(F)(F)F)c(C#N)c1)C2. The van der Waals surface area contributed by atoms with Crippen molar-refractivity contribution in [2.45, 2.75) is 32.7 Å². The van der Waals surface area contributed by atoms with Crippen LogP contribution in [0, 0.1) is 18.3 Å². The van der Waals surface area contributed by atoms with Gasteiger partial charge < -0.3 is 0 Å². The quantitative estimate of drug-likeness (QED) is 0.666. The molecule has 0 atom stereocenters. The molecular weight excluding hydrogens is 379 g/mol. The first-order valence-corrected chi connectivity index (χ1v) is 9.16. The highest BCUT2D eigenvalue weighted by Crippen LogP contribution is 2.32. The molecule has 3 aromatic rings. The maximum absolute atomic E-state index is 13.0. The standard InChI is InChI=1S/C21H18F3N5/c1-14-3-2-6-26-20(14)19-10-17-13-28(7-8-29(17)27-19)12-15-4-5-18(21(22,23)24)16(9-15)11-25/h2-6,9-10H,7-8,12-13H2,1H3. The van der Waals surface area contributed by atoms with Gasteiger partial charge in [0.15, 0.2) is 0 Å². The maximum atomic E-state index is 13.0. The molecule has 3 heterocycles. The lowest BCUT2D eigenvalue weighted by atomic mass is 10.0. The van der Waals surface area contributed by atoms with Crippen molar-refractivity contribution in [1.82, 2.24) is 19.7 Å². The fourth-order valence-electron chi connectivity index (χ4n) is 3.61. The molecule has 0 radical (unpaired) electrons. The largest absolute Gasteiger partial charge is 0.417 e. The lowest BCUT2D eigenvalue weighted by molar-refractivity contribution is -0.137. The van der Waals surface area contributed by atoms with Gasteiger partial charge in [-0.05, 0) is 42.3 Å². The first-order chi connectivity index (χ1) is 13.8. The predicted octanol–water partition coefficient (Wildman–Crippen LogP) is 4.16. The summed E-state index contributed by atoms with van der Waals surface area (Å²) in [5.74, 6) is 0. The van der Waals surface area contributed by atoms with Crippen LogP contribution < -0.4 is 0 Å². The van der Waals surface area contributed by atoms with E-state index in [1.54, 1.807) is 12.3 Å². The van der Waals surface area contributed by atoms with Crippen molar-refractivity contribution >= 4 is 0 Å². The van der Waals surface area contributed by atoms with Gasteiger partial charge >= 0.3 is 6.18 Å². The number of pyridine rings is 1. The molecule has 0 unspecified atom stereocenters. The predicted molar refractivity (Wildman–Crippen MR) is 100 cm³/mol. The van der Waals surface area contributed by atoms with Gasteiger partial charge in [-0.15, -0.1) is 0 Å². The lowest BCUT2D eigenvalue weighted by Crippen LogP contribution is -2.33. The fourth-order valence-corrected chi connectivity index (χ4v) is 3.61. The molecule has 1 aromatic carbocycles. The summed E-state index contributed by atoms with van der Waals surface area (Å²) in [5.41, 5.74) is 3.20. The Morgan fingerprint density at radius 1 is 1.17 bits per heavy atom. The minimum Gasteiger partial charge on any atom is -0.291 e. The highest BCUT2D eigenvalue weighted by molar-refractivity contribution is 5.58. The number of halogens is 3. The molecule has 0 saturated heterocycles. The molecule has 29 heavy (non-hydrogen) atoms. The number of aromatic nitrogens is 3. The summed E-state index contributed by atoms with van der Waals surface area (Å²) in [5, 5.41) is 13.7. The average molecular weight is 397 g/mol. The molecule has 0 amide bonds. The zero-order chi connectivity index (χ0) is 20.6. The molecule has 0 N–H and O–H groups in total. The van der Waals surface area contributed by atoms with Gasteiger partial charge in [0.1, 0.15) is 5.69 Å². The summed E-state index contributed by atoms with van der Waals surface area (Å²) < 4.78 is 40.9. The van der Waals surface area contributed by atoms with Crippen LogP contribution >= 0.6 is 0 Å². The van der Waals surface area contributed by atoms with Crippen LogP contribution in [0.15, 0.2) is 42.6 Å². The first-order valence-electron chi connectivity index (χ1n) is 9.16. The van der Waals surface area contributed by atoms with E-state index < -0.39 is 11.7 Å². The Balaban J connectivity index is 1.53. The summed E-state index contributed by atoms with van der Waals surface area (Å²) in [6.45, 7) is 4.49. The Labute approximate surface area is 166 Å². The zero-order valence-electron chi connectivity index (χ0n) is 15.7. The normalized spacial score (nSPS) is 14.4. The van der Waals surface area contributed by atoms with Gasteiger partial charge in [-0.2, -0.15) is 23.5 Å². The first kappa shape index (κ1) is 19.2. The molecule has 0 fully saturated rings. The van der Waals surface area contributed by atoms with Gasteiger partial charge in [0.05, 0.1) is 35.1 Å². The topological polar surface area (TPSA) is 57.7 Å². The summed E-state index contributed by atoms with van der Waals surface area (Å²) in [6.07, 6.45) is -2.79. The van der Waals surface area contributed by atoms with Crippen LogP contribution in [0.25, 0.3) is 11.4 Å². The van der Waals surface area contributed by atoms with E-state index in [9.17, 15) is 13.2 Å². The van der Waals surface area contributed by atoms with E-state index in [4.69, 9.17) is 5.26 Å². The second-order valence-electron chi connectivity index (χ2n) is 7.11. The van der Waals surface area contributed by atoms with Crippen molar-refractivity contribution < 1.29 is 13.2 Å². The highest BCUT2D eigenvalue weighted by Gasteiger charge is 2.33. The number of rotatable bonds is 3. The number of benzene rings is 1. The molecule has 148 valence electrons. The second kappa shape index (κ2) is 7.33. The average Bonchev–Trinajstić information content (AvgIpc) is 3.10. The number of hydrogen-bond acceptors (Lipinski definition) is 4. The van der Waals surface area contributed by atoms with Gasteiger partial charge in [-0.3, -0.25) is 14.6 Å². The Kier molecular flexibility index (Phi) is 4.84. The smallest absolute Gasteiger partial charge is 0.291 e. The summed E-state index contributed by atoms with van der Waals surface area (Å²) in [7, 11) is 0. The molecule has 0 spiro atoms. The Morgan fingerprint density at radius 3 is 2.72 bits per heavy atom. The molecule has 4 rings (SSSR count). The third-order valence-electron chi connectivity index (χ3n) is 5.05.